The van der Waals surface area contributed by atoms with Crippen molar-refractivity contribution >= 4 is 28.7 Å². The summed E-state index contributed by atoms with van der Waals surface area (Å²) in [5, 5.41) is 9.80. The standard InChI is InChI=1S/C24H18ClFN6O2/c1-34-20-5-4-16(25)9-18(20)24(33)28-10-14-3-2-13(8-19(14)26)17-6-7-27-23-21(17)31-22(32-23)15-11-29-30-12-15/h2-9,11-12H,10H2,1H3,(H,28,33)(H,29,30)(H,27,31,32). The molecular formula is C24H18ClFN6O2. The van der Waals surface area contributed by atoms with Gasteiger partial charge < -0.3 is 15.0 Å². The first-order valence-electron chi connectivity index (χ1n) is 10.3. The van der Waals surface area contributed by atoms with Crippen LogP contribution in [0.4, 0.5) is 4.39 Å². The van der Waals surface area contributed by atoms with Gasteiger partial charge in [-0.15, -0.1) is 0 Å². The van der Waals surface area contributed by atoms with Crippen LogP contribution in [0, 0.1) is 5.82 Å². The fourth-order valence-corrected chi connectivity index (χ4v) is 3.83. The third kappa shape index (κ3) is 4.08. The third-order valence-corrected chi connectivity index (χ3v) is 5.61. The van der Waals surface area contributed by atoms with Crippen LogP contribution in [-0.4, -0.2) is 38.2 Å². The molecule has 0 unspecified atom stereocenters. The first-order chi connectivity index (χ1) is 16.5. The van der Waals surface area contributed by atoms with E-state index in [9.17, 15) is 9.18 Å². The molecule has 0 saturated carbocycles. The summed E-state index contributed by atoms with van der Waals surface area (Å²) in [6.45, 7) is 0.00106. The Morgan fingerprint density at radius 2 is 2.06 bits per heavy atom. The molecule has 0 spiro atoms. The highest BCUT2D eigenvalue weighted by Gasteiger charge is 2.16. The zero-order valence-electron chi connectivity index (χ0n) is 17.9. The number of nitrogens with one attached hydrogen (secondary N) is 3. The molecule has 0 saturated heterocycles. The summed E-state index contributed by atoms with van der Waals surface area (Å²) < 4.78 is 20.2. The normalized spacial score (nSPS) is 11.0. The average molecular weight is 477 g/mol. The van der Waals surface area contributed by atoms with Crippen molar-refractivity contribution in [1.29, 1.82) is 0 Å². The molecule has 10 heteroatoms. The minimum absolute atomic E-state index is 0.00106. The van der Waals surface area contributed by atoms with Gasteiger partial charge in [0.1, 0.15) is 17.4 Å². The number of aromatic amines is 2. The molecule has 34 heavy (non-hydrogen) atoms. The number of aromatic nitrogens is 5. The molecule has 0 bridgehead atoms. The van der Waals surface area contributed by atoms with Crippen LogP contribution in [0.5, 0.6) is 5.75 Å². The van der Waals surface area contributed by atoms with Crippen molar-refractivity contribution in [2.75, 3.05) is 7.11 Å². The highest BCUT2D eigenvalue weighted by Crippen LogP contribution is 2.29. The van der Waals surface area contributed by atoms with E-state index in [1.165, 1.54) is 19.2 Å². The van der Waals surface area contributed by atoms with Gasteiger partial charge in [0, 0.05) is 35.1 Å². The van der Waals surface area contributed by atoms with Gasteiger partial charge in [-0.1, -0.05) is 23.7 Å². The lowest BCUT2D eigenvalue weighted by atomic mass is 10.0. The van der Waals surface area contributed by atoms with Gasteiger partial charge in [0.2, 0.25) is 0 Å². The Morgan fingerprint density at radius 1 is 1.18 bits per heavy atom. The smallest absolute Gasteiger partial charge is 0.255 e. The minimum atomic E-state index is -0.449. The Balaban J connectivity index is 1.39. The molecule has 3 aromatic heterocycles. The topological polar surface area (TPSA) is 109 Å². The molecule has 0 aliphatic heterocycles. The molecule has 5 rings (SSSR count). The minimum Gasteiger partial charge on any atom is -0.496 e. The summed E-state index contributed by atoms with van der Waals surface area (Å²) in [4.78, 5) is 24.6. The number of hydrogen-bond acceptors (Lipinski definition) is 5. The first kappa shape index (κ1) is 21.6. The number of carbonyl (C=O) groups excluding carboxylic acids is 1. The van der Waals surface area contributed by atoms with Crippen LogP contribution in [0.25, 0.3) is 33.7 Å². The number of ether oxygens (including phenoxy) is 1. The van der Waals surface area contributed by atoms with E-state index >= 15 is 0 Å². The van der Waals surface area contributed by atoms with Gasteiger partial charge >= 0.3 is 0 Å². The van der Waals surface area contributed by atoms with Crippen molar-refractivity contribution in [2.24, 2.45) is 0 Å². The summed E-state index contributed by atoms with van der Waals surface area (Å²) in [6, 6.07) is 11.4. The van der Waals surface area contributed by atoms with Crippen LogP contribution in [0.15, 0.2) is 61.1 Å². The summed E-state index contributed by atoms with van der Waals surface area (Å²) >= 11 is 6.00. The van der Waals surface area contributed by atoms with Crippen molar-refractivity contribution in [3.8, 4) is 28.3 Å². The lowest BCUT2D eigenvalue weighted by Crippen LogP contribution is -2.23. The van der Waals surface area contributed by atoms with Crippen molar-refractivity contribution in [2.45, 2.75) is 6.54 Å². The number of pyridine rings is 1. The van der Waals surface area contributed by atoms with Crippen LogP contribution < -0.4 is 10.1 Å². The van der Waals surface area contributed by atoms with E-state index in [-0.39, 0.29) is 12.1 Å². The van der Waals surface area contributed by atoms with E-state index in [4.69, 9.17) is 16.3 Å². The van der Waals surface area contributed by atoms with Gasteiger partial charge in [-0.25, -0.2) is 14.4 Å². The lowest BCUT2D eigenvalue weighted by Gasteiger charge is -2.11. The van der Waals surface area contributed by atoms with Gasteiger partial charge in [0.05, 0.1) is 30.0 Å². The second-order valence-electron chi connectivity index (χ2n) is 7.46. The summed E-state index contributed by atoms with van der Waals surface area (Å²) in [5.41, 5.74) is 4.01. The van der Waals surface area contributed by atoms with Crippen LogP contribution in [-0.2, 0) is 6.54 Å². The van der Waals surface area contributed by atoms with E-state index < -0.39 is 11.7 Å². The number of amides is 1. The Morgan fingerprint density at radius 3 is 2.82 bits per heavy atom. The maximum absolute atomic E-state index is 15.0. The Bertz CT molecular complexity index is 1500. The molecular weight excluding hydrogens is 459 g/mol. The molecule has 2 aromatic carbocycles. The van der Waals surface area contributed by atoms with E-state index in [0.717, 1.165) is 11.1 Å². The monoisotopic (exact) mass is 476 g/mol. The number of imidazole rings is 1. The Labute approximate surface area is 198 Å². The summed E-state index contributed by atoms with van der Waals surface area (Å²) in [5.74, 6) is 0.131. The largest absolute Gasteiger partial charge is 0.496 e. The van der Waals surface area contributed by atoms with E-state index in [2.05, 4.69) is 30.5 Å². The fourth-order valence-electron chi connectivity index (χ4n) is 3.66. The predicted molar refractivity (Wildman–Crippen MR) is 126 cm³/mol. The van der Waals surface area contributed by atoms with Gasteiger partial charge in [-0.2, -0.15) is 5.10 Å². The van der Waals surface area contributed by atoms with Crippen LogP contribution in [0.3, 0.4) is 0 Å². The SMILES string of the molecule is COc1ccc(Cl)cc1C(=O)NCc1ccc(-c2ccnc3nc(-c4cn[nH]c4)[nH]c23)cc1F. The number of halogens is 2. The first-order valence-corrected chi connectivity index (χ1v) is 10.7. The number of benzene rings is 2. The third-order valence-electron chi connectivity index (χ3n) is 5.37. The number of carbonyl (C=O) groups is 1. The molecule has 170 valence electrons. The van der Waals surface area contributed by atoms with Crippen molar-refractivity contribution in [3.05, 3.63) is 83.0 Å². The lowest BCUT2D eigenvalue weighted by molar-refractivity contribution is 0.0947. The highest BCUT2D eigenvalue weighted by atomic mass is 35.5. The quantitative estimate of drug-likeness (QED) is 0.328. The van der Waals surface area contributed by atoms with Gasteiger partial charge in [-0.3, -0.25) is 9.89 Å². The molecule has 0 atom stereocenters. The molecule has 8 nitrogen and oxygen atoms in total. The number of nitrogens with zero attached hydrogens (tertiary/aromatic N) is 3. The van der Waals surface area contributed by atoms with Crippen molar-refractivity contribution in [1.82, 2.24) is 30.5 Å². The maximum Gasteiger partial charge on any atom is 0.255 e. The molecule has 5 aromatic rings. The molecule has 3 N–H and O–H groups in total. The van der Waals surface area contributed by atoms with Gasteiger partial charge in [0.25, 0.3) is 5.91 Å². The molecule has 0 radical (unpaired) electrons. The predicted octanol–water partition coefficient (Wildman–Crippen LogP) is 4.75. The second kappa shape index (κ2) is 8.95. The number of rotatable bonds is 6. The molecule has 3 heterocycles. The molecule has 0 aliphatic rings. The van der Waals surface area contributed by atoms with Crippen molar-refractivity contribution < 1.29 is 13.9 Å². The molecule has 0 aliphatic carbocycles. The summed E-state index contributed by atoms with van der Waals surface area (Å²) in [7, 11) is 1.46. The molecule has 0 fully saturated rings. The Kier molecular flexibility index (Phi) is 5.69. The van der Waals surface area contributed by atoms with Crippen LogP contribution >= 0.6 is 11.6 Å². The number of hydrogen-bond donors (Lipinski definition) is 3. The van der Waals surface area contributed by atoms with Crippen LogP contribution in [0.1, 0.15) is 15.9 Å². The second-order valence-corrected chi connectivity index (χ2v) is 7.90. The van der Waals surface area contributed by atoms with E-state index in [0.29, 0.717) is 38.9 Å². The number of fused-ring (bicyclic) bond motifs is 1. The van der Waals surface area contributed by atoms with Gasteiger partial charge in [-0.05, 0) is 35.9 Å². The van der Waals surface area contributed by atoms with E-state index in [1.54, 1.807) is 48.9 Å². The Hall–Kier alpha value is -4.24. The molecule has 1 amide bonds. The van der Waals surface area contributed by atoms with E-state index in [1.807, 2.05) is 0 Å². The number of H-pyrrole nitrogens is 2. The fraction of sp³-hybridized carbons (Fsp3) is 0.0833. The summed E-state index contributed by atoms with van der Waals surface area (Å²) in [6.07, 6.45) is 5.00. The zero-order valence-corrected chi connectivity index (χ0v) is 18.7. The zero-order chi connectivity index (χ0) is 23.7. The van der Waals surface area contributed by atoms with Crippen molar-refractivity contribution in [3.63, 3.8) is 0 Å². The average Bonchev–Trinajstić information content (AvgIpc) is 3.52. The van der Waals surface area contributed by atoms with Crippen LogP contribution in [0.2, 0.25) is 5.02 Å². The maximum atomic E-state index is 15.0. The van der Waals surface area contributed by atoms with Gasteiger partial charge in [0.15, 0.2) is 5.65 Å². The number of methoxy groups -OCH3 is 1. The highest BCUT2D eigenvalue weighted by molar-refractivity contribution is 6.31.